The van der Waals surface area contributed by atoms with Gasteiger partial charge in [-0.3, -0.25) is 9.97 Å². The van der Waals surface area contributed by atoms with Crippen LogP contribution in [0.15, 0.2) is 176 Å². The second-order valence-electron chi connectivity index (χ2n) is 13.5. The number of benzene rings is 6. The molecule has 0 N–H and O–H groups in total. The molecule has 5 nitrogen and oxygen atoms in total. The van der Waals surface area contributed by atoms with Crippen molar-refractivity contribution in [3.63, 3.8) is 0 Å². The minimum Gasteiger partial charge on any atom is -0.306 e. The van der Waals surface area contributed by atoms with E-state index in [4.69, 9.17) is 15.0 Å². The SMILES string of the molecule is c1ccc(-c2cn3ccc4c(-c5cccc(-c6ccc(-c7cc8cccnc8c8ncccc78)c7ccccc67)c5)nc5ccccc5c4c3n2)cc1. The van der Waals surface area contributed by atoms with Crippen molar-refractivity contribution >= 4 is 59.9 Å². The molecule has 5 heterocycles. The summed E-state index contributed by atoms with van der Waals surface area (Å²) < 4.78 is 2.14. The third kappa shape index (κ3) is 4.64. The highest BCUT2D eigenvalue weighted by Gasteiger charge is 2.18. The molecule has 246 valence electrons. The van der Waals surface area contributed by atoms with Crippen molar-refractivity contribution in [3.05, 3.63) is 176 Å². The Morgan fingerprint density at radius 1 is 0.434 bits per heavy atom. The monoisotopic (exact) mass is 675 g/mol. The van der Waals surface area contributed by atoms with Crippen molar-refractivity contribution in [2.24, 2.45) is 0 Å². The van der Waals surface area contributed by atoms with E-state index in [0.717, 1.165) is 82.8 Å². The Bertz CT molecular complexity index is 3240. The van der Waals surface area contributed by atoms with E-state index in [9.17, 15) is 0 Å². The summed E-state index contributed by atoms with van der Waals surface area (Å²) in [5.74, 6) is 0. The molecular formula is C48H29N5. The lowest BCUT2D eigenvalue weighted by atomic mass is 9.89. The van der Waals surface area contributed by atoms with E-state index in [0.29, 0.717) is 0 Å². The smallest absolute Gasteiger partial charge is 0.146 e. The van der Waals surface area contributed by atoms with Crippen LogP contribution in [0.3, 0.4) is 0 Å². The molecule has 11 aromatic rings. The summed E-state index contributed by atoms with van der Waals surface area (Å²) in [5, 5.41) is 7.81. The summed E-state index contributed by atoms with van der Waals surface area (Å²) in [7, 11) is 0. The third-order valence-corrected chi connectivity index (χ3v) is 10.5. The molecule has 6 aromatic carbocycles. The van der Waals surface area contributed by atoms with E-state index in [-0.39, 0.29) is 0 Å². The predicted molar refractivity (Wildman–Crippen MR) is 218 cm³/mol. The van der Waals surface area contributed by atoms with Crippen LogP contribution in [0.4, 0.5) is 0 Å². The molecule has 0 atom stereocenters. The molecule has 0 spiro atoms. The molecular weight excluding hydrogens is 647 g/mol. The molecule has 53 heavy (non-hydrogen) atoms. The van der Waals surface area contributed by atoms with E-state index in [1.54, 1.807) is 0 Å². The summed E-state index contributed by atoms with van der Waals surface area (Å²) in [5.41, 5.74) is 12.4. The molecule has 0 bridgehead atoms. The lowest BCUT2D eigenvalue weighted by molar-refractivity contribution is 1.20. The van der Waals surface area contributed by atoms with Gasteiger partial charge in [-0.25, -0.2) is 9.97 Å². The normalized spacial score (nSPS) is 11.8. The maximum absolute atomic E-state index is 5.30. The Balaban J connectivity index is 1.10. The van der Waals surface area contributed by atoms with Gasteiger partial charge in [-0.15, -0.1) is 0 Å². The van der Waals surface area contributed by atoms with Crippen LogP contribution in [0.5, 0.6) is 0 Å². The summed E-state index contributed by atoms with van der Waals surface area (Å²) in [6.45, 7) is 0. The number of para-hydroxylation sites is 1. The Labute approximate surface area is 304 Å². The van der Waals surface area contributed by atoms with Gasteiger partial charge in [-0.05, 0) is 69.4 Å². The summed E-state index contributed by atoms with van der Waals surface area (Å²) in [6, 6.07) is 53.5. The summed E-state index contributed by atoms with van der Waals surface area (Å²) in [6.07, 6.45) is 7.91. The average Bonchev–Trinajstić information content (AvgIpc) is 3.68. The zero-order valence-electron chi connectivity index (χ0n) is 28.5. The van der Waals surface area contributed by atoms with Crippen LogP contribution in [0.1, 0.15) is 0 Å². The van der Waals surface area contributed by atoms with Crippen molar-refractivity contribution in [2.75, 3.05) is 0 Å². The number of aromatic nitrogens is 5. The molecule has 0 aliphatic carbocycles. The molecule has 5 heteroatoms. The van der Waals surface area contributed by atoms with Gasteiger partial charge in [0.15, 0.2) is 0 Å². The number of imidazole rings is 1. The summed E-state index contributed by atoms with van der Waals surface area (Å²) >= 11 is 0. The van der Waals surface area contributed by atoms with Crippen LogP contribution < -0.4 is 0 Å². The largest absolute Gasteiger partial charge is 0.306 e. The Morgan fingerprint density at radius 2 is 1.13 bits per heavy atom. The zero-order valence-corrected chi connectivity index (χ0v) is 28.5. The van der Waals surface area contributed by atoms with Crippen LogP contribution in [0.2, 0.25) is 0 Å². The van der Waals surface area contributed by atoms with E-state index in [1.165, 1.54) is 21.9 Å². The second kappa shape index (κ2) is 11.7. The first kappa shape index (κ1) is 29.5. The number of hydrogen-bond acceptors (Lipinski definition) is 4. The van der Waals surface area contributed by atoms with Gasteiger partial charge in [-0.2, -0.15) is 0 Å². The lowest BCUT2D eigenvalue weighted by Crippen LogP contribution is -1.94. The zero-order chi connectivity index (χ0) is 34.9. The van der Waals surface area contributed by atoms with Crippen LogP contribution >= 0.6 is 0 Å². The van der Waals surface area contributed by atoms with Crippen LogP contribution in [0, 0.1) is 0 Å². The fourth-order valence-corrected chi connectivity index (χ4v) is 8.06. The molecule has 0 radical (unpaired) electrons. The predicted octanol–water partition coefficient (Wildman–Crippen LogP) is 12.0. The number of hydrogen-bond donors (Lipinski definition) is 0. The molecule has 0 aliphatic rings. The first-order chi connectivity index (χ1) is 26.3. The molecule has 0 aliphatic heterocycles. The van der Waals surface area contributed by atoms with Crippen molar-refractivity contribution < 1.29 is 0 Å². The topological polar surface area (TPSA) is 56.0 Å². The molecule has 0 saturated carbocycles. The van der Waals surface area contributed by atoms with E-state index in [2.05, 4.69) is 155 Å². The highest BCUT2D eigenvalue weighted by Crippen LogP contribution is 2.42. The fraction of sp³-hybridized carbons (Fsp3) is 0. The van der Waals surface area contributed by atoms with Gasteiger partial charge >= 0.3 is 0 Å². The third-order valence-electron chi connectivity index (χ3n) is 10.5. The number of rotatable bonds is 4. The molecule has 11 rings (SSSR count). The van der Waals surface area contributed by atoms with Gasteiger partial charge in [0.25, 0.3) is 0 Å². The maximum Gasteiger partial charge on any atom is 0.146 e. The molecule has 5 aromatic heterocycles. The first-order valence-corrected chi connectivity index (χ1v) is 17.8. The molecule has 0 saturated heterocycles. The first-order valence-electron chi connectivity index (χ1n) is 17.8. The molecule has 0 amide bonds. The van der Waals surface area contributed by atoms with Crippen molar-refractivity contribution in [2.45, 2.75) is 0 Å². The van der Waals surface area contributed by atoms with Crippen LogP contribution in [-0.2, 0) is 0 Å². The standard InChI is InChI=1S/C48H29N5/c1-2-11-30(12-3-1)43-29-53-26-23-40-44(48(53)52-43)39-18-6-7-20-42(39)51-45(40)32-14-8-13-31(27-32)34-21-22-37(36-17-5-4-16-35(34)36)41-28-33-15-9-24-49-46(33)47-38(41)19-10-25-50-47/h1-29H. The van der Waals surface area contributed by atoms with Gasteiger partial charge in [0, 0.05) is 62.8 Å². The van der Waals surface area contributed by atoms with Gasteiger partial charge in [0.1, 0.15) is 5.65 Å². The van der Waals surface area contributed by atoms with E-state index in [1.807, 2.05) is 30.6 Å². The number of fused-ring (bicyclic) bond motifs is 9. The van der Waals surface area contributed by atoms with Crippen molar-refractivity contribution in [1.82, 2.24) is 24.3 Å². The minimum atomic E-state index is 0.917. The van der Waals surface area contributed by atoms with Gasteiger partial charge in [-0.1, -0.05) is 115 Å². The molecule has 0 unspecified atom stereocenters. The molecule has 0 fully saturated rings. The fourth-order valence-electron chi connectivity index (χ4n) is 8.06. The van der Waals surface area contributed by atoms with Crippen molar-refractivity contribution in [3.8, 4) is 44.8 Å². The summed E-state index contributed by atoms with van der Waals surface area (Å²) in [4.78, 5) is 20.0. The highest BCUT2D eigenvalue weighted by atomic mass is 15.0. The average molecular weight is 676 g/mol. The second-order valence-corrected chi connectivity index (χ2v) is 13.5. The lowest BCUT2D eigenvalue weighted by Gasteiger charge is -2.16. The van der Waals surface area contributed by atoms with E-state index < -0.39 is 0 Å². The van der Waals surface area contributed by atoms with Gasteiger partial charge < -0.3 is 4.40 Å². The quantitative estimate of drug-likeness (QED) is 0.174. The Kier molecular flexibility index (Phi) is 6.48. The Morgan fingerprint density at radius 3 is 2.02 bits per heavy atom. The van der Waals surface area contributed by atoms with E-state index >= 15 is 0 Å². The Hall–Kier alpha value is -7.24. The number of pyridine rings is 4. The van der Waals surface area contributed by atoms with Crippen molar-refractivity contribution in [1.29, 1.82) is 0 Å². The van der Waals surface area contributed by atoms with Gasteiger partial charge in [0.05, 0.1) is 27.9 Å². The van der Waals surface area contributed by atoms with Crippen LogP contribution in [0.25, 0.3) is 105 Å². The maximum atomic E-state index is 5.30. The van der Waals surface area contributed by atoms with Crippen LogP contribution in [-0.4, -0.2) is 24.3 Å². The number of nitrogens with zero attached hydrogens (tertiary/aromatic N) is 5. The minimum absolute atomic E-state index is 0.917. The van der Waals surface area contributed by atoms with Gasteiger partial charge in [0.2, 0.25) is 0 Å². The highest BCUT2D eigenvalue weighted by molar-refractivity contribution is 6.18.